The van der Waals surface area contributed by atoms with Crippen LogP contribution in [0.1, 0.15) is 60.9 Å². The number of ether oxygens (including phenoxy) is 1. The minimum Gasteiger partial charge on any atom is -0.465 e. The summed E-state index contributed by atoms with van der Waals surface area (Å²) in [6, 6.07) is 8.02. The first-order valence-corrected chi connectivity index (χ1v) is 10.3. The number of nitrogens with zero attached hydrogens (tertiary/aromatic N) is 2. The highest BCUT2D eigenvalue weighted by Gasteiger charge is 2.21. The summed E-state index contributed by atoms with van der Waals surface area (Å²) >= 11 is 0. The minimum atomic E-state index is -0.543. The first-order valence-electron chi connectivity index (χ1n) is 10.3. The molecule has 0 radical (unpaired) electrons. The molecule has 2 aromatic heterocycles. The summed E-state index contributed by atoms with van der Waals surface area (Å²) in [5.74, 6) is -1.17. The number of aryl methyl sites for hydroxylation is 1. The second-order valence-electron chi connectivity index (χ2n) is 7.52. The van der Waals surface area contributed by atoms with Gasteiger partial charge in [-0.1, -0.05) is 0 Å². The number of carbonyl (C=O) groups is 3. The van der Waals surface area contributed by atoms with E-state index in [1.54, 1.807) is 24.3 Å². The van der Waals surface area contributed by atoms with Gasteiger partial charge in [-0.25, -0.2) is 4.79 Å². The third kappa shape index (κ3) is 4.66. The van der Waals surface area contributed by atoms with Crippen LogP contribution in [0.4, 0.5) is 5.69 Å². The predicted octanol–water partition coefficient (Wildman–Crippen LogP) is 2.65. The molecule has 0 fully saturated rings. The third-order valence-corrected chi connectivity index (χ3v) is 5.34. The van der Waals surface area contributed by atoms with Crippen molar-refractivity contribution in [2.75, 3.05) is 12.4 Å². The number of fused-ring (bicyclic) bond motifs is 1. The van der Waals surface area contributed by atoms with Crippen molar-refractivity contribution in [3.8, 4) is 0 Å². The van der Waals surface area contributed by atoms with Crippen LogP contribution < -0.4 is 10.6 Å². The first-order chi connectivity index (χ1) is 15.5. The van der Waals surface area contributed by atoms with Gasteiger partial charge in [0.15, 0.2) is 5.69 Å². The summed E-state index contributed by atoms with van der Waals surface area (Å²) in [6.07, 6.45) is 6.90. The number of methoxy groups -OCH3 is 1. The van der Waals surface area contributed by atoms with Crippen LogP contribution in [0, 0.1) is 0 Å². The largest absolute Gasteiger partial charge is 0.465 e. The average Bonchev–Trinajstić information content (AvgIpc) is 3.26. The average molecular weight is 433 g/mol. The summed E-state index contributed by atoms with van der Waals surface area (Å²) < 4.78 is 4.82. The monoisotopic (exact) mass is 433 g/mol. The Morgan fingerprint density at radius 3 is 2.59 bits per heavy atom. The number of nitrogens with one attached hydrogen (secondary N) is 3. The summed E-state index contributed by atoms with van der Waals surface area (Å²) in [4.78, 5) is 41.2. The molecule has 0 saturated heterocycles. The first kappa shape index (κ1) is 21.2. The molecule has 164 valence electrons. The van der Waals surface area contributed by atoms with Gasteiger partial charge in [0, 0.05) is 41.4 Å². The number of esters is 1. The van der Waals surface area contributed by atoms with Crippen molar-refractivity contribution in [3.63, 3.8) is 0 Å². The molecule has 1 aromatic carbocycles. The van der Waals surface area contributed by atoms with Gasteiger partial charge in [-0.2, -0.15) is 5.10 Å². The zero-order valence-electron chi connectivity index (χ0n) is 17.6. The molecule has 2 heterocycles. The summed E-state index contributed by atoms with van der Waals surface area (Å²) in [6.45, 7) is 0.156. The second kappa shape index (κ2) is 9.42. The van der Waals surface area contributed by atoms with Crippen molar-refractivity contribution in [2.24, 2.45) is 0 Å². The minimum absolute atomic E-state index is 0.156. The molecule has 3 N–H and O–H groups in total. The van der Waals surface area contributed by atoms with Crippen molar-refractivity contribution in [1.29, 1.82) is 0 Å². The van der Waals surface area contributed by atoms with Crippen LogP contribution in [0.15, 0.2) is 42.7 Å². The van der Waals surface area contributed by atoms with Crippen LogP contribution in [0.3, 0.4) is 0 Å². The Bertz CT molecular complexity index is 1160. The van der Waals surface area contributed by atoms with Gasteiger partial charge in [-0.15, -0.1) is 0 Å². The molecule has 9 heteroatoms. The number of hydrogen-bond donors (Lipinski definition) is 3. The molecule has 4 rings (SSSR count). The molecule has 1 aliphatic carbocycles. The Kier molecular flexibility index (Phi) is 6.25. The number of benzene rings is 1. The molecule has 0 aliphatic heterocycles. The van der Waals surface area contributed by atoms with Crippen LogP contribution in [-0.4, -0.2) is 40.1 Å². The van der Waals surface area contributed by atoms with Crippen molar-refractivity contribution < 1.29 is 19.1 Å². The van der Waals surface area contributed by atoms with E-state index in [-0.39, 0.29) is 23.9 Å². The van der Waals surface area contributed by atoms with E-state index in [0.29, 0.717) is 22.5 Å². The van der Waals surface area contributed by atoms with Gasteiger partial charge in [-0.05, 0) is 61.6 Å². The number of hydrogen-bond acceptors (Lipinski definition) is 6. The molecule has 2 amide bonds. The van der Waals surface area contributed by atoms with Crippen LogP contribution in [0.2, 0.25) is 0 Å². The van der Waals surface area contributed by atoms with E-state index >= 15 is 0 Å². The molecule has 32 heavy (non-hydrogen) atoms. The maximum absolute atomic E-state index is 12.7. The summed E-state index contributed by atoms with van der Waals surface area (Å²) in [5, 5.41) is 12.8. The van der Waals surface area contributed by atoms with Gasteiger partial charge < -0.3 is 15.4 Å². The van der Waals surface area contributed by atoms with Crippen LogP contribution >= 0.6 is 0 Å². The van der Waals surface area contributed by atoms with Gasteiger partial charge in [0.25, 0.3) is 11.8 Å². The van der Waals surface area contributed by atoms with Crippen LogP contribution in [0.5, 0.6) is 0 Å². The predicted molar refractivity (Wildman–Crippen MR) is 116 cm³/mol. The molecule has 9 nitrogen and oxygen atoms in total. The standard InChI is InChI=1S/C23H23N5O4/c1-32-23(31)16-10-14(11-17(12-16)26-21(29)15-6-8-24-9-7-15)13-25-22(30)20-18-4-2-3-5-19(18)27-28-20/h6-12H,2-5,13H2,1H3,(H,25,30)(H,26,29)(H,27,28). The molecule has 0 bridgehead atoms. The second-order valence-corrected chi connectivity index (χ2v) is 7.52. The highest BCUT2D eigenvalue weighted by molar-refractivity contribution is 6.04. The van der Waals surface area contributed by atoms with Gasteiger partial charge in [0.1, 0.15) is 0 Å². The Balaban J connectivity index is 1.51. The van der Waals surface area contributed by atoms with Gasteiger partial charge in [0.2, 0.25) is 0 Å². The van der Waals surface area contributed by atoms with Gasteiger partial charge in [-0.3, -0.25) is 19.7 Å². The Morgan fingerprint density at radius 2 is 1.81 bits per heavy atom. The molecule has 0 saturated carbocycles. The number of pyridine rings is 1. The summed E-state index contributed by atoms with van der Waals surface area (Å²) in [5.41, 5.74) is 4.16. The van der Waals surface area contributed by atoms with Crippen LogP contribution in [0.25, 0.3) is 0 Å². The number of aromatic nitrogens is 3. The van der Waals surface area contributed by atoms with Crippen molar-refractivity contribution in [2.45, 2.75) is 32.2 Å². The molecule has 1 aliphatic rings. The zero-order valence-corrected chi connectivity index (χ0v) is 17.6. The number of anilines is 1. The Hall–Kier alpha value is -4.01. The lowest BCUT2D eigenvalue weighted by molar-refractivity contribution is 0.0600. The van der Waals surface area contributed by atoms with Gasteiger partial charge >= 0.3 is 5.97 Å². The lowest BCUT2D eigenvalue weighted by Crippen LogP contribution is -2.25. The molecule has 0 atom stereocenters. The Morgan fingerprint density at radius 1 is 1.03 bits per heavy atom. The number of carbonyl (C=O) groups excluding carboxylic acids is 3. The topological polar surface area (TPSA) is 126 Å². The zero-order chi connectivity index (χ0) is 22.5. The lowest BCUT2D eigenvalue weighted by atomic mass is 9.96. The number of amides is 2. The normalized spacial score (nSPS) is 12.5. The third-order valence-electron chi connectivity index (χ3n) is 5.34. The van der Waals surface area contributed by atoms with Crippen molar-refractivity contribution >= 4 is 23.5 Å². The van der Waals surface area contributed by atoms with E-state index in [1.165, 1.54) is 25.6 Å². The molecular formula is C23H23N5O4. The number of rotatable bonds is 6. The fraction of sp³-hybridized carbons (Fsp3) is 0.261. The Labute approximate surface area is 184 Å². The molecule has 3 aromatic rings. The smallest absolute Gasteiger partial charge is 0.337 e. The quantitative estimate of drug-likeness (QED) is 0.513. The van der Waals surface area contributed by atoms with Crippen LogP contribution in [-0.2, 0) is 24.1 Å². The van der Waals surface area contributed by atoms with E-state index in [0.717, 1.165) is 36.9 Å². The summed E-state index contributed by atoms with van der Waals surface area (Å²) in [7, 11) is 1.28. The van der Waals surface area contributed by atoms with E-state index in [4.69, 9.17) is 4.74 Å². The number of H-pyrrole nitrogens is 1. The van der Waals surface area contributed by atoms with E-state index in [1.807, 2.05) is 0 Å². The highest BCUT2D eigenvalue weighted by atomic mass is 16.5. The highest BCUT2D eigenvalue weighted by Crippen LogP contribution is 2.22. The fourth-order valence-electron chi connectivity index (χ4n) is 3.74. The molecule has 0 spiro atoms. The SMILES string of the molecule is COC(=O)c1cc(CNC(=O)c2n[nH]c3c2CCCC3)cc(NC(=O)c2ccncc2)c1. The van der Waals surface area contributed by atoms with E-state index < -0.39 is 5.97 Å². The van der Waals surface area contributed by atoms with Crippen molar-refractivity contribution in [3.05, 3.63) is 76.4 Å². The lowest BCUT2D eigenvalue weighted by Gasteiger charge is -2.12. The van der Waals surface area contributed by atoms with Crippen molar-refractivity contribution in [1.82, 2.24) is 20.5 Å². The maximum atomic E-state index is 12.7. The van der Waals surface area contributed by atoms with E-state index in [2.05, 4.69) is 25.8 Å². The molecular weight excluding hydrogens is 410 g/mol. The fourth-order valence-corrected chi connectivity index (χ4v) is 3.74. The molecule has 0 unspecified atom stereocenters. The van der Waals surface area contributed by atoms with Gasteiger partial charge in [0.05, 0.1) is 12.7 Å². The maximum Gasteiger partial charge on any atom is 0.337 e. The number of aromatic amines is 1. The van der Waals surface area contributed by atoms with E-state index in [9.17, 15) is 14.4 Å².